The van der Waals surface area contributed by atoms with E-state index in [0.29, 0.717) is 25.4 Å². The molecule has 33 heavy (non-hydrogen) atoms. The molecule has 1 aliphatic carbocycles. The molecule has 0 unspecified atom stereocenters. The summed E-state index contributed by atoms with van der Waals surface area (Å²) in [7, 11) is 0. The maximum atomic E-state index is 13.3. The minimum Gasteiger partial charge on any atom is -0.340 e. The Balaban J connectivity index is 1.46. The Bertz CT molecular complexity index is 763. The van der Waals surface area contributed by atoms with Crippen molar-refractivity contribution in [2.24, 2.45) is 5.92 Å². The summed E-state index contributed by atoms with van der Waals surface area (Å²) < 4.78 is 13.3. The first-order valence-corrected chi connectivity index (χ1v) is 12.5. The molecule has 3 rings (SSSR count). The predicted molar refractivity (Wildman–Crippen MR) is 129 cm³/mol. The number of amides is 3. The molecule has 0 spiro atoms. The van der Waals surface area contributed by atoms with E-state index in [9.17, 15) is 14.0 Å². The van der Waals surface area contributed by atoms with Crippen LogP contribution in [0.15, 0.2) is 24.3 Å². The molecule has 0 atom stereocenters. The molecule has 0 bridgehead atoms. The molecular formula is C26H41FN4O2. The molecule has 2 aliphatic rings. The van der Waals surface area contributed by atoms with Gasteiger partial charge in [0.25, 0.3) is 0 Å². The molecule has 1 saturated carbocycles. The highest BCUT2D eigenvalue weighted by atomic mass is 19.1. The number of nitrogens with zero attached hydrogens (tertiary/aromatic N) is 3. The number of piperazine rings is 1. The monoisotopic (exact) mass is 460 g/mol. The van der Waals surface area contributed by atoms with Crippen LogP contribution in [0.4, 0.5) is 9.18 Å². The molecular weight excluding hydrogens is 419 g/mol. The Kier molecular flexibility index (Phi) is 9.12. The number of rotatable bonds is 8. The van der Waals surface area contributed by atoms with Gasteiger partial charge in [-0.05, 0) is 50.8 Å². The van der Waals surface area contributed by atoms with Crippen LogP contribution in [-0.4, -0.2) is 71.4 Å². The number of hydrogen-bond donors (Lipinski definition) is 1. The molecule has 0 aromatic heterocycles. The minimum absolute atomic E-state index is 0.118. The summed E-state index contributed by atoms with van der Waals surface area (Å²) in [5.74, 6) is 0.769. The lowest BCUT2D eigenvalue weighted by Crippen LogP contribution is -2.52. The Hall–Kier alpha value is -2.15. The van der Waals surface area contributed by atoms with Gasteiger partial charge in [-0.2, -0.15) is 0 Å². The van der Waals surface area contributed by atoms with Gasteiger partial charge in [0.2, 0.25) is 5.91 Å². The fourth-order valence-corrected chi connectivity index (χ4v) is 4.73. The SMILES string of the molecule is CC(C)(C)NC(=O)N(CCN1CCN(C(=O)CCC2CCCC2)CC1)Cc1ccc(F)cc1. The average molecular weight is 461 g/mol. The van der Waals surface area contributed by atoms with E-state index in [1.165, 1.54) is 37.8 Å². The standard InChI is InChI=1S/C26H41FN4O2/c1-26(2,3)28-25(33)31(20-22-8-11-23(27)12-9-22)19-16-29-14-17-30(18-15-29)24(32)13-10-21-6-4-5-7-21/h8-9,11-12,21H,4-7,10,13-20H2,1-3H3,(H,28,33). The van der Waals surface area contributed by atoms with Gasteiger partial charge in [0.15, 0.2) is 0 Å². The van der Waals surface area contributed by atoms with Crippen LogP contribution < -0.4 is 5.32 Å². The molecule has 1 heterocycles. The molecule has 184 valence electrons. The van der Waals surface area contributed by atoms with Gasteiger partial charge < -0.3 is 15.1 Å². The van der Waals surface area contributed by atoms with Gasteiger partial charge in [0, 0.05) is 57.8 Å². The van der Waals surface area contributed by atoms with E-state index in [0.717, 1.165) is 50.6 Å². The number of carbonyl (C=O) groups excluding carboxylic acids is 2. The maximum absolute atomic E-state index is 13.3. The van der Waals surface area contributed by atoms with Gasteiger partial charge in [-0.3, -0.25) is 9.69 Å². The summed E-state index contributed by atoms with van der Waals surface area (Å²) in [6.07, 6.45) is 6.95. The van der Waals surface area contributed by atoms with Crippen molar-refractivity contribution in [3.8, 4) is 0 Å². The van der Waals surface area contributed by atoms with E-state index in [2.05, 4.69) is 10.2 Å². The van der Waals surface area contributed by atoms with Crippen molar-refractivity contribution < 1.29 is 14.0 Å². The van der Waals surface area contributed by atoms with Crippen molar-refractivity contribution in [2.75, 3.05) is 39.3 Å². The molecule has 1 N–H and O–H groups in total. The van der Waals surface area contributed by atoms with Crippen molar-refractivity contribution in [1.82, 2.24) is 20.0 Å². The number of nitrogens with one attached hydrogen (secondary N) is 1. The Morgan fingerprint density at radius 1 is 1.06 bits per heavy atom. The van der Waals surface area contributed by atoms with Gasteiger partial charge in [0.1, 0.15) is 5.82 Å². The van der Waals surface area contributed by atoms with Crippen LogP contribution in [0.5, 0.6) is 0 Å². The van der Waals surface area contributed by atoms with Gasteiger partial charge in [-0.25, -0.2) is 9.18 Å². The van der Waals surface area contributed by atoms with Gasteiger partial charge in [-0.1, -0.05) is 37.8 Å². The zero-order valence-electron chi connectivity index (χ0n) is 20.6. The highest BCUT2D eigenvalue weighted by Gasteiger charge is 2.25. The number of urea groups is 1. The van der Waals surface area contributed by atoms with Crippen LogP contribution in [0, 0.1) is 11.7 Å². The van der Waals surface area contributed by atoms with Crippen LogP contribution in [-0.2, 0) is 11.3 Å². The minimum atomic E-state index is -0.331. The first kappa shape index (κ1) is 25.5. The highest BCUT2D eigenvalue weighted by Crippen LogP contribution is 2.28. The summed E-state index contributed by atoms with van der Waals surface area (Å²) in [4.78, 5) is 31.6. The van der Waals surface area contributed by atoms with E-state index < -0.39 is 0 Å². The van der Waals surface area contributed by atoms with Crippen LogP contribution in [0.25, 0.3) is 0 Å². The van der Waals surface area contributed by atoms with Gasteiger partial charge >= 0.3 is 6.03 Å². The summed E-state index contributed by atoms with van der Waals surface area (Å²) >= 11 is 0. The lowest BCUT2D eigenvalue weighted by molar-refractivity contribution is -0.133. The molecule has 6 nitrogen and oxygen atoms in total. The third-order valence-electron chi connectivity index (χ3n) is 6.71. The van der Waals surface area contributed by atoms with E-state index in [1.54, 1.807) is 17.0 Å². The zero-order chi connectivity index (χ0) is 23.8. The molecule has 1 aliphatic heterocycles. The summed E-state index contributed by atoms with van der Waals surface area (Å²) in [6.45, 7) is 10.8. The molecule has 3 amide bonds. The van der Waals surface area contributed by atoms with Crippen molar-refractivity contribution in [1.29, 1.82) is 0 Å². The van der Waals surface area contributed by atoms with E-state index in [4.69, 9.17) is 0 Å². The summed E-state index contributed by atoms with van der Waals surface area (Å²) in [6, 6.07) is 6.19. The van der Waals surface area contributed by atoms with Crippen molar-refractivity contribution in [3.63, 3.8) is 0 Å². The smallest absolute Gasteiger partial charge is 0.318 e. The van der Waals surface area contributed by atoms with E-state index >= 15 is 0 Å². The number of carbonyl (C=O) groups is 2. The third kappa shape index (κ3) is 8.61. The molecule has 0 radical (unpaired) electrons. The van der Waals surface area contributed by atoms with Crippen LogP contribution >= 0.6 is 0 Å². The lowest BCUT2D eigenvalue weighted by Gasteiger charge is -2.36. The lowest BCUT2D eigenvalue weighted by atomic mass is 10.0. The van der Waals surface area contributed by atoms with Gasteiger partial charge in [-0.15, -0.1) is 0 Å². The fraction of sp³-hybridized carbons (Fsp3) is 0.692. The van der Waals surface area contributed by atoms with E-state index in [1.807, 2.05) is 25.7 Å². The second kappa shape index (κ2) is 11.8. The van der Waals surface area contributed by atoms with Crippen LogP contribution in [0.1, 0.15) is 64.9 Å². The van der Waals surface area contributed by atoms with Gasteiger partial charge in [0.05, 0.1) is 0 Å². The average Bonchev–Trinajstić information content (AvgIpc) is 3.29. The zero-order valence-corrected chi connectivity index (χ0v) is 20.6. The second-order valence-corrected chi connectivity index (χ2v) is 10.6. The second-order valence-electron chi connectivity index (χ2n) is 10.6. The topological polar surface area (TPSA) is 55.9 Å². The first-order valence-electron chi connectivity index (χ1n) is 12.5. The maximum Gasteiger partial charge on any atom is 0.318 e. The molecule has 1 aromatic carbocycles. The highest BCUT2D eigenvalue weighted by molar-refractivity contribution is 5.76. The van der Waals surface area contributed by atoms with Crippen molar-refractivity contribution >= 4 is 11.9 Å². The van der Waals surface area contributed by atoms with Crippen molar-refractivity contribution in [2.45, 2.75) is 71.4 Å². The normalized spacial score (nSPS) is 17.9. The molecule has 1 saturated heterocycles. The van der Waals surface area contributed by atoms with E-state index in [-0.39, 0.29) is 17.4 Å². The molecule has 1 aromatic rings. The number of benzene rings is 1. The van der Waals surface area contributed by atoms with Crippen molar-refractivity contribution in [3.05, 3.63) is 35.6 Å². The Morgan fingerprint density at radius 2 is 1.70 bits per heavy atom. The van der Waals surface area contributed by atoms with Crippen LogP contribution in [0.2, 0.25) is 0 Å². The quantitative estimate of drug-likeness (QED) is 0.631. The third-order valence-corrected chi connectivity index (χ3v) is 6.71. The summed E-state index contributed by atoms with van der Waals surface area (Å²) in [5.41, 5.74) is 0.570. The largest absolute Gasteiger partial charge is 0.340 e. The predicted octanol–water partition coefficient (Wildman–Crippen LogP) is 4.25. The number of hydrogen-bond acceptors (Lipinski definition) is 3. The molecule has 2 fully saturated rings. The van der Waals surface area contributed by atoms with Crippen LogP contribution in [0.3, 0.4) is 0 Å². The Morgan fingerprint density at radius 3 is 2.30 bits per heavy atom. The first-order chi connectivity index (χ1) is 15.7. The number of halogens is 1. The summed E-state index contributed by atoms with van der Waals surface area (Å²) in [5, 5.41) is 3.04. The Labute approximate surface area is 198 Å². The molecule has 7 heteroatoms. The fourth-order valence-electron chi connectivity index (χ4n) is 4.73.